The van der Waals surface area contributed by atoms with Gasteiger partial charge in [0.1, 0.15) is 5.01 Å². The van der Waals surface area contributed by atoms with E-state index in [-0.39, 0.29) is 11.7 Å². The van der Waals surface area contributed by atoms with Gasteiger partial charge in [0, 0.05) is 12.1 Å². The molecule has 1 aromatic carbocycles. The van der Waals surface area contributed by atoms with E-state index >= 15 is 0 Å². The fourth-order valence-corrected chi connectivity index (χ4v) is 3.79. The average Bonchev–Trinajstić information content (AvgIpc) is 3.19. The van der Waals surface area contributed by atoms with Gasteiger partial charge in [-0.25, -0.2) is 0 Å². The summed E-state index contributed by atoms with van der Waals surface area (Å²) in [6.45, 7) is 4.51. The highest BCUT2D eigenvalue weighted by Gasteiger charge is 2.16. The van der Waals surface area contributed by atoms with Gasteiger partial charge in [-0.2, -0.15) is 0 Å². The Bertz CT molecular complexity index is 894. The molecule has 7 nitrogen and oxygen atoms in total. The molecule has 25 heavy (non-hydrogen) atoms. The number of nitrogens with one attached hydrogen (secondary N) is 1. The number of hydrogen-bond donors (Lipinski definition) is 1. The normalized spacial score (nSPS) is 10.8. The first-order valence-electron chi connectivity index (χ1n) is 7.49. The second kappa shape index (κ2) is 7.94. The summed E-state index contributed by atoms with van der Waals surface area (Å²) < 4.78 is 1.94. The smallest absolute Gasteiger partial charge is 0.236 e. The molecular weight excluding hydrogens is 380 g/mol. The minimum Gasteiger partial charge on any atom is -0.302 e. The number of benzene rings is 1. The SMILES string of the molecule is CCn1c(SCC(=O)Nc2nnc(C)s2)nnc1-c1ccccc1Cl. The Balaban J connectivity index is 1.71. The number of anilines is 1. The van der Waals surface area contributed by atoms with E-state index in [0.29, 0.717) is 27.7 Å². The van der Waals surface area contributed by atoms with Crippen LogP contribution in [-0.4, -0.2) is 36.6 Å². The van der Waals surface area contributed by atoms with Crippen molar-refractivity contribution in [2.75, 3.05) is 11.1 Å². The lowest BCUT2D eigenvalue weighted by molar-refractivity contribution is -0.113. The van der Waals surface area contributed by atoms with Gasteiger partial charge in [0.2, 0.25) is 11.0 Å². The van der Waals surface area contributed by atoms with E-state index in [1.807, 2.05) is 42.7 Å². The highest BCUT2D eigenvalue weighted by atomic mass is 35.5. The first-order valence-corrected chi connectivity index (χ1v) is 9.67. The molecular formula is C15H15ClN6OS2. The summed E-state index contributed by atoms with van der Waals surface area (Å²) in [6, 6.07) is 7.49. The number of hydrogen-bond acceptors (Lipinski definition) is 7. The number of aromatic nitrogens is 5. The van der Waals surface area contributed by atoms with Crippen LogP contribution in [0.25, 0.3) is 11.4 Å². The molecule has 0 spiro atoms. The van der Waals surface area contributed by atoms with Crippen LogP contribution in [0.2, 0.25) is 5.02 Å². The maximum atomic E-state index is 12.1. The number of halogens is 1. The topological polar surface area (TPSA) is 85.6 Å². The molecule has 0 aliphatic rings. The van der Waals surface area contributed by atoms with Gasteiger partial charge in [0.25, 0.3) is 0 Å². The lowest BCUT2D eigenvalue weighted by Crippen LogP contribution is -2.14. The highest BCUT2D eigenvalue weighted by Crippen LogP contribution is 2.29. The van der Waals surface area contributed by atoms with Crippen molar-refractivity contribution < 1.29 is 4.79 Å². The summed E-state index contributed by atoms with van der Waals surface area (Å²) >= 11 is 8.91. The first kappa shape index (κ1) is 17.8. The Labute approximate surface area is 157 Å². The number of thioether (sulfide) groups is 1. The lowest BCUT2D eigenvalue weighted by atomic mass is 10.2. The molecule has 0 aliphatic heterocycles. The van der Waals surface area contributed by atoms with Crippen LogP contribution in [0.15, 0.2) is 29.4 Å². The van der Waals surface area contributed by atoms with Crippen LogP contribution < -0.4 is 5.32 Å². The molecule has 0 radical (unpaired) electrons. The summed E-state index contributed by atoms with van der Waals surface area (Å²) in [5.74, 6) is 0.737. The van der Waals surface area contributed by atoms with Crippen LogP contribution in [0.4, 0.5) is 5.13 Å². The van der Waals surface area contributed by atoms with Crippen LogP contribution in [0.1, 0.15) is 11.9 Å². The molecule has 3 aromatic rings. The Morgan fingerprint density at radius 2 is 2.08 bits per heavy atom. The molecule has 0 saturated carbocycles. The fourth-order valence-electron chi connectivity index (χ4n) is 2.15. The first-order chi connectivity index (χ1) is 12.1. The summed E-state index contributed by atoms with van der Waals surface area (Å²) in [5, 5.41) is 21.5. The van der Waals surface area contributed by atoms with Gasteiger partial charge in [0.05, 0.1) is 10.8 Å². The van der Waals surface area contributed by atoms with Crippen LogP contribution in [0, 0.1) is 6.92 Å². The quantitative estimate of drug-likeness (QED) is 0.644. The molecule has 130 valence electrons. The van der Waals surface area contributed by atoms with Gasteiger partial charge in [-0.05, 0) is 26.0 Å². The maximum absolute atomic E-state index is 12.1. The molecule has 0 saturated heterocycles. The molecule has 0 bridgehead atoms. The Morgan fingerprint density at radius 1 is 1.28 bits per heavy atom. The molecule has 0 atom stereocenters. The van der Waals surface area contributed by atoms with Gasteiger partial charge >= 0.3 is 0 Å². The van der Waals surface area contributed by atoms with Crippen molar-refractivity contribution in [2.45, 2.75) is 25.5 Å². The van der Waals surface area contributed by atoms with Crippen molar-refractivity contribution in [3.8, 4) is 11.4 Å². The maximum Gasteiger partial charge on any atom is 0.236 e. The summed E-state index contributed by atoms with van der Waals surface area (Å²) in [7, 11) is 0. The van der Waals surface area contributed by atoms with E-state index in [9.17, 15) is 4.79 Å². The fraction of sp³-hybridized carbons (Fsp3) is 0.267. The summed E-state index contributed by atoms with van der Waals surface area (Å²) in [4.78, 5) is 12.1. The second-order valence-electron chi connectivity index (χ2n) is 4.99. The molecule has 2 aromatic heterocycles. The van der Waals surface area contributed by atoms with Gasteiger partial charge < -0.3 is 4.57 Å². The number of amides is 1. The van der Waals surface area contributed by atoms with Crippen LogP contribution in [-0.2, 0) is 11.3 Å². The van der Waals surface area contributed by atoms with E-state index < -0.39 is 0 Å². The largest absolute Gasteiger partial charge is 0.302 e. The van der Waals surface area contributed by atoms with Crippen LogP contribution in [0.3, 0.4) is 0 Å². The van der Waals surface area contributed by atoms with Crippen LogP contribution in [0.5, 0.6) is 0 Å². The molecule has 1 amide bonds. The Kier molecular flexibility index (Phi) is 5.67. The lowest BCUT2D eigenvalue weighted by Gasteiger charge is -2.08. The Morgan fingerprint density at radius 3 is 2.76 bits per heavy atom. The number of nitrogens with zero attached hydrogens (tertiary/aromatic N) is 5. The zero-order valence-electron chi connectivity index (χ0n) is 13.6. The minimum atomic E-state index is -0.161. The minimum absolute atomic E-state index is 0.161. The average molecular weight is 395 g/mol. The molecule has 2 heterocycles. The van der Waals surface area contributed by atoms with E-state index in [0.717, 1.165) is 10.6 Å². The van der Waals surface area contributed by atoms with Crippen molar-refractivity contribution in [1.82, 2.24) is 25.0 Å². The zero-order chi connectivity index (χ0) is 17.8. The predicted octanol–water partition coefficient (Wildman–Crippen LogP) is 3.51. The van der Waals surface area contributed by atoms with E-state index in [2.05, 4.69) is 25.7 Å². The third-order valence-electron chi connectivity index (χ3n) is 3.25. The third kappa shape index (κ3) is 4.17. The van der Waals surface area contributed by atoms with Gasteiger partial charge in [-0.1, -0.05) is 46.8 Å². The molecule has 0 aliphatic carbocycles. The van der Waals surface area contributed by atoms with Gasteiger partial charge in [-0.3, -0.25) is 10.1 Å². The van der Waals surface area contributed by atoms with Crippen molar-refractivity contribution in [2.24, 2.45) is 0 Å². The molecule has 10 heteroatoms. The van der Waals surface area contributed by atoms with Crippen molar-refractivity contribution >= 4 is 45.7 Å². The molecule has 0 fully saturated rings. The number of carbonyl (C=O) groups excluding carboxylic acids is 1. The van der Waals surface area contributed by atoms with E-state index in [1.54, 1.807) is 0 Å². The zero-order valence-corrected chi connectivity index (χ0v) is 16.0. The molecule has 3 rings (SSSR count). The van der Waals surface area contributed by atoms with Gasteiger partial charge in [0.15, 0.2) is 11.0 Å². The second-order valence-corrected chi connectivity index (χ2v) is 7.52. The van der Waals surface area contributed by atoms with E-state index in [4.69, 9.17) is 11.6 Å². The number of aryl methyl sites for hydroxylation is 1. The van der Waals surface area contributed by atoms with Crippen LogP contribution >= 0.6 is 34.7 Å². The highest BCUT2D eigenvalue weighted by molar-refractivity contribution is 7.99. The third-order valence-corrected chi connectivity index (χ3v) is 5.30. The standard InChI is InChI=1S/C15H15ClN6OS2/c1-3-22-13(10-6-4-5-7-11(10)16)19-21-15(22)24-8-12(23)17-14-20-18-9(2)25-14/h4-7H,3,8H2,1-2H3,(H,17,20,23). The van der Waals surface area contributed by atoms with Crippen molar-refractivity contribution in [3.05, 3.63) is 34.3 Å². The number of rotatable bonds is 6. The molecule has 0 unspecified atom stereocenters. The van der Waals surface area contributed by atoms with Crippen molar-refractivity contribution in [1.29, 1.82) is 0 Å². The predicted molar refractivity (Wildman–Crippen MR) is 100 cm³/mol. The summed E-state index contributed by atoms with van der Waals surface area (Å²) in [6.07, 6.45) is 0. The Hall–Kier alpha value is -1.97. The monoisotopic (exact) mass is 394 g/mol. The number of carbonyl (C=O) groups is 1. The van der Waals surface area contributed by atoms with Crippen molar-refractivity contribution in [3.63, 3.8) is 0 Å². The van der Waals surface area contributed by atoms with Gasteiger partial charge in [-0.15, -0.1) is 20.4 Å². The summed E-state index contributed by atoms with van der Waals surface area (Å²) in [5.41, 5.74) is 0.819. The molecule has 1 N–H and O–H groups in total. The van der Waals surface area contributed by atoms with E-state index in [1.165, 1.54) is 23.1 Å².